The van der Waals surface area contributed by atoms with Crippen LogP contribution in [0.1, 0.15) is 5.69 Å². The fourth-order valence-corrected chi connectivity index (χ4v) is 1.33. The number of aromatic nitrogens is 1. The van der Waals surface area contributed by atoms with Crippen LogP contribution in [0.5, 0.6) is 0 Å². The van der Waals surface area contributed by atoms with E-state index in [4.69, 9.17) is 0 Å². The van der Waals surface area contributed by atoms with Crippen molar-refractivity contribution in [3.05, 3.63) is 48.2 Å². The third kappa shape index (κ3) is 2.20. The summed E-state index contributed by atoms with van der Waals surface area (Å²) in [5, 5.41) is 11.2. The number of rotatable bonds is 2. The summed E-state index contributed by atoms with van der Waals surface area (Å²) in [5.74, 6) is -1.22. The number of benzene rings is 1. The number of carbonyl (C=O) groups is 1. The van der Waals surface area contributed by atoms with Gasteiger partial charge in [0.2, 0.25) is 0 Å². The highest BCUT2D eigenvalue weighted by Crippen LogP contribution is 2.12. The SMILES string of the molecule is O=C([O-])/C=C/c1ccc2ccccc2n1. The van der Waals surface area contributed by atoms with E-state index in [1.807, 2.05) is 30.3 Å². The summed E-state index contributed by atoms with van der Waals surface area (Å²) in [4.78, 5) is 14.5. The second kappa shape index (κ2) is 3.92. The molecular weight excluding hydrogens is 190 g/mol. The molecule has 0 aliphatic rings. The summed E-state index contributed by atoms with van der Waals surface area (Å²) in [6.07, 6.45) is 2.39. The maximum atomic E-state index is 10.2. The summed E-state index contributed by atoms with van der Waals surface area (Å²) in [6.45, 7) is 0. The molecule has 1 heterocycles. The fourth-order valence-electron chi connectivity index (χ4n) is 1.33. The van der Waals surface area contributed by atoms with Gasteiger partial charge in [-0.15, -0.1) is 0 Å². The lowest BCUT2D eigenvalue weighted by Crippen LogP contribution is -2.18. The van der Waals surface area contributed by atoms with E-state index in [2.05, 4.69) is 4.98 Å². The minimum atomic E-state index is -1.22. The van der Waals surface area contributed by atoms with E-state index < -0.39 is 5.97 Å². The van der Waals surface area contributed by atoms with Gasteiger partial charge in [-0.25, -0.2) is 4.98 Å². The zero-order chi connectivity index (χ0) is 10.7. The number of carboxylic acids is 1. The number of nitrogens with zero attached hydrogens (tertiary/aromatic N) is 1. The standard InChI is InChI=1S/C12H9NO2/c14-12(15)8-7-10-6-5-9-3-1-2-4-11(9)13-10/h1-8H,(H,14,15)/p-1/b8-7+. The van der Waals surface area contributed by atoms with Crippen LogP contribution in [0.2, 0.25) is 0 Å². The zero-order valence-electron chi connectivity index (χ0n) is 7.88. The van der Waals surface area contributed by atoms with E-state index in [0.29, 0.717) is 5.69 Å². The van der Waals surface area contributed by atoms with E-state index in [9.17, 15) is 9.90 Å². The molecule has 0 N–H and O–H groups in total. The Labute approximate surface area is 86.7 Å². The number of pyridine rings is 1. The first kappa shape index (κ1) is 9.40. The number of carbonyl (C=O) groups excluding carboxylic acids is 1. The Bertz CT molecular complexity index is 532. The molecule has 3 heteroatoms. The Morgan fingerprint density at radius 1 is 1.20 bits per heavy atom. The van der Waals surface area contributed by atoms with Crippen LogP contribution in [0.4, 0.5) is 0 Å². The third-order valence-electron chi connectivity index (χ3n) is 2.01. The molecular formula is C12H8NO2-. The van der Waals surface area contributed by atoms with Crippen LogP contribution < -0.4 is 5.11 Å². The zero-order valence-corrected chi connectivity index (χ0v) is 7.88. The minimum Gasteiger partial charge on any atom is -0.545 e. The van der Waals surface area contributed by atoms with E-state index in [0.717, 1.165) is 17.0 Å². The first-order chi connectivity index (χ1) is 7.25. The Morgan fingerprint density at radius 3 is 2.80 bits per heavy atom. The topological polar surface area (TPSA) is 53.0 Å². The molecule has 2 rings (SSSR count). The first-order valence-corrected chi connectivity index (χ1v) is 4.50. The first-order valence-electron chi connectivity index (χ1n) is 4.50. The Morgan fingerprint density at radius 2 is 2.00 bits per heavy atom. The van der Waals surface area contributed by atoms with Crippen molar-refractivity contribution in [1.29, 1.82) is 0 Å². The normalized spacial score (nSPS) is 10.9. The molecule has 0 atom stereocenters. The van der Waals surface area contributed by atoms with Crippen molar-refractivity contribution in [1.82, 2.24) is 4.98 Å². The third-order valence-corrected chi connectivity index (χ3v) is 2.01. The van der Waals surface area contributed by atoms with Gasteiger partial charge in [-0.1, -0.05) is 24.3 Å². The summed E-state index contributed by atoms with van der Waals surface area (Å²) < 4.78 is 0. The minimum absolute atomic E-state index is 0.609. The van der Waals surface area contributed by atoms with E-state index in [1.54, 1.807) is 6.07 Å². The largest absolute Gasteiger partial charge is 0.545 e. The van der Waals surface area contributed by atoms with Gasteiger partial charge in [-0.05, 0) is 24.3 Å². The average Bonchev–Trinajstić information content (AvgIpc) is 2.26. The smallest absolute Gasteiger partial charge is 0.0709 e. The van der Waals surface area contributed by atoms with Gasteiger partial charge in [0.05, 0.1) is 17.2 Å². The predicted octanol–water partition coefficient (Wildman–Crippen LogP) is 0.998. The molecule has 0 bridgehead atoms. The van der Waals surface area contributed by atoms with Crippen molar-refractivity contribution in [3.63, 3.8) is 0 Å². The molecule has 2 aromatic rings. The van der Waals surface area contributed by atoms with E-state index >= 15 is 0 Å². The lowest BCUT2D eigenvalue weighted by atomic mass is 10.2. The fraction of sp³-hybridized carbons (Fsp3) is 0. The molecule has 0 unspecified atom stereocenters. The predicted molar refractivity (Wildman–Crippen MR) is 55.8 cm³/mol. The van der Waals surface area contributed by atoms with Gasteiger partial charge >= 0.3 is 0 Å². The summed E-state index contributed by atoms with van der Waals surface area (Å²) >= 11 is 0. The summed E-state index contributed by atoms with van der Waals surface area (Å²) in [5.41, 5.74) is 1.45. The van der Waals surface area contributed by atoms with Gasteiger partial charge < -0.3 is 9.90 Å². The quantitative estimate of drug-likeness (QED) is 0.676. The van der Waals surface area contributed by atoms with E-state index in [-0.39, 0.29) is 0 Å². The monoisotopic (exact) mass is 198 g/mol. The second-order valence-electron chi connectivity index (χ2n) is 3.08. The van der Waals surface area contributed by atoms with Crippen LogP contribution in [0.25, 0.3) is 17.0 Å². The summed E-state index contributed by atoms with van der Waals surface area (Å²) in [6, 6.07) is 11.3. The maximum absolute atomic E-state index is 10.2. The molecule has 0 spiro atoms. The van der Waals surface area contributed by atoms with Crippen LogP contribution in [-0.2, 0) is 4.79 Å². The van der Waals surface area contributed by atoms with Gasteiger partial charge in [0, 0.05) is 5.39 Å². The molecule has 0 aliphatic carbocycles. The molecule has 74 valence electrons. The Balaban J connectivity index is 2.43. The van der Waals surface area contributed by atoms with Gasteiger partial charge in [0.1, 0.15) is 0 Å². The highest BCUT2D eigenvalue weighted by molar-refractivity contribution is 5.84. The molecule has 15 heavy (non-hydrogen) atoms. The molecule has 3 nitrogen and oxygen atoms in total. The van der Waals surface area contributed by atoms with Crippen molar-refractivity contribution in [3.8, 4) is 0 Å². The van der Waals surface area contributed by atoms with Crippen molar-refractivity contribution in [2.24, 2.45) is 0 Å². The highest BCUT2D eigenvalue weighted by Gasteiger charge is 1.93. The number of para-hydroxylation sites is 1. The van der Waals surface area contributed by atoms with Crippen LogP contribution in [-0.4, -0.2) is 11.0 Å². The number of hydrogen-bond acceptors (Lipinski definition) is 3. The average molecular weight is 198 g/mol. The number of carboxylic acid groups (broad SMARTS) is 1. The molecule has 0 aliphatic heterocycles. The van der Waals surface area contributed by atoms with Crippen molar-refractivity contribution in [2.75, 3.05) is 0 Å². The van der Waals surface area contributed by atoms with Crippen LogP contribution in [0.3, 0.4) is 0 Å². The van der Waals surface area contributed by atoms with Crippen LogP contribution in [0, 0.1) is 0 Å². The van der Waals surface area contributed by atoms with Crippen LogP contribution in [0.15, 0.2) is 42.5 Å². The van der Waals surface area contributed by atoms with Crippen LogP contribution >= 0.6 is 0 Å². The summed E-state index contributed by atoms with van der Waals surface area (Å²) in [7, 11) is 0. The molecule has 1 aromatic heterocycles. The van der Waals surface area contributed by atoms with Crippen molar-refractivity contribution in [2.45, 2.75) is 0 Å². The molecule has 0 saturated heterocycles. The van der Waals surface area contributed by atoms with Crippen molar-refractivity contribution < 1.29 is 9.90 Å². The molecule has 0 amide bonds. The van der Waals surface area contributed by atoms with Gasteiger partial charge in [-0.2, -0.15) is 0 Å². The Hall–Kier alpha value is -2.16. The number of fused-ring (bicyclic) bond motifs is 1. The highest BCUT2D eigenvalue weighted by atomic mass is 16.4. The van der Waals surface area contributed by atoms with E-state index in [1.165, 1.54) is 6.08 Å². The molecule has 0 fully saturated rings. The lowest BCUT2D eigenvalue weighted by molar-refractivity contribution is -0.297. The van der Waals surface area contributed by atoms with Gasteiger partial charge in [-0.3, -0.25) is 0 Å². The second-order valence-corrected chi connectivity index (χ2v) is 3.08. The molecule has 0 saturated carbocycles. The van der Waals surface area contributed by atoms with Crippen molar-refractivity contribution >= 4 is 22.9 Å². The maximum Gasteiger partial charge on any atom is 0.0709 e. The molecule has 0 radical (unpaired) electrons. The Kier molecular flexibility index (Phi) is 2.46. The number of hydrogen-bond donors (Lipinski definition) is 0. The molecule has 1 aromatic carbocycles. The van der Waals surface area contributed by atoms with Gasteiger partial charge in [0.25, 0.3) is 0 Å². The van der Waals surface area contributed by atoms with Gasteiger partial charge in [0.15, 0.2) is 0 Å². The number of aliphatic carboxylic acids is 1. The lowest BCUT2D eigenvalue weighted by Gasteiger charge is -1.98.